The van der Waals surface area contributed by atoms with E-state index in [-0.39, 0.29) is 5.91 Å². The number of hydrogen-bond donors (Lipinski definition) is 1. The second-order valence-electron chi connectivity index (χ2n) is 5.31. The van der Waals surface area contributed by atoms with E-state index in [0.29, 0.717) is 11.6 Å². The molecular weight excluding hydrogens is 250 g/mol. The van der Waals surface area contributed by atoms with E-state index in [0.717, 1.165) is 18.5 Å². The highest BCUT2D eigenvalue weighted by atomic mass is 16.1. The van der Waals surface area contributed by atoms with Crippen molar-refractivity contribution in [2.45, 2.75) is 38.1 Å². The van der Waals surface area contributed by atoms with Crippen LogP contribution in [0, 0.1) is 0 Å². The van der Waals surface area contributed by atoms with E-state index < -0.39 is 0 Å². The lowest BCUT2D eigenvalue weighted by molar-refractivity contribution is 0.0927. The zero-order valence-corrected chi connectivity index (χ0v) is 11.5. The van der Waals surface area contributed by atoms with Crippen molar-refractivity contribution in [2.24, 2.45) is 0 Å². The maximum Gasteiger partial charge on any atom is 0.251 e. The number of benzene rings is 1. The minimum absolute atomic E-state index is 0.0194. The van der Waals surface area contributed by atoms with Crippen molar-refractivity contribution in [1.29, 1.82) is 0 Å². The third-order valence-electron chi connectivity index (χ3n) is 3.82. The van der Waals surface area contributed by atoms with Gasteiger partial charge in [0.1, 0.15) is 0 Å². The lowest BCUT2D eigenvalue weighted by Crippen LogP contribution is -2.36. The predicted octanol–water partition coefficient (Wildman–Crippen LogP) is 2.93. The van der Waals surface area contributed by atoms with Gasteiger partial charge >= 0.3 is 0 Å². The fourth-order valence-corrected chi connectivity index (χ4v) is 2.73. The van der Waals surface area contributed by atoms with Crippen molar-refractivity contribution < 1.29 is 4.79 Å². The molecule has 2 aromatic rings. The summed E-state index contributed by atoms with van der Waals surface area (Å²) in [6, 6.07) is 9.78. The number of amides is 1. The van der Waals surface area contributed by atoms with E-state index in [2.05, 4.69) is 10.4 Å². The number of carbonyl (C=O) groups excluding carboxylic acids is 1. The zero-order chi connectivity index (χ0) is 13.8. The molecule has 0 atom stereocenters. The summed E-state index contributed by atoms with van der Waals surface area (Å²) in [7, 11) is 0. The molecule has 4 nitrogen and oxygen atoms in total. The van der Waals surface area contributed by atoms with Gasteiger partial charge in [-0.15, -0.1) is 0 Å². The third-order valence-corrected chi connectivity index (χ3v) is 3.82. The molecule has 1 saturated carbocycles. The Morgan fingerprint density at radius 3 is 2.80 bits per heavy atom. The summed E-state index contributed by atoms with van der Waals surface area (Å²) in [4.78, 5) is 12.3. The van der Waals surface area contributed by atoms with Gasteiger partial charge in [-0.25, -0.2) is 4.68 Å². The number of rotatable bonds is 3. The Morgan fingerprint density at radius 1 is 1.20 bits per heavy atom. The molecule has 0 aliphatic heterocycles. The molecule has 1 fully saturated rings. The molecule has 1 aromatic carbocycles. The zero-order valence-electron chi connectivity index (χ0n) is 11.5. The Hall–Kier alpha value is -2.10. The quantitative estimate of drug-likeness (QED) is 0.931. The van der Waals surface area contributed by atoms with Crippen LogP contribution < -0.4 is 5.32 Å². The first kappa shape index (κ1) is 12.9. The molecule has 1 N–H and O–H groups in total. The maximum atomic E-state index is 12.3. The Balaban J connectivity index is 1.73. The summed E-state index contributed by atoms with van der Waals surface area (Å²) >= 11 is 0. The van der Waals surface area contributed by atoms with Crippen molar-refractivity contribution >= 4 is 5.91 Å². The summed E-state index contributed by atoms with van der Waals surface area (Å²) in [5.74, 6) is 0.0194. The minimum Gasteiger partial charge on any atom is -0.349 e. The fraction of sp³-hybridized carbons (Fsp3) is 0.375. The van der Waals surface area contributed by atoms with Gasteiger partial charge in [0.25, 0.3) is 5.91 Å². The van der Waals surface area contributed by atoms with E-state index in [1.54, 1.807) is 10.9 Å². The van der Waals surface area contributed by atoms with Crippen molar-refractivity contribution in [2.75, 3.05) is 0 Å². The molecule has 4 heteroatoms. The summed E-state index contributed by atoms with van der Waals surface area (Å²) in [6.45, 7) is 0. The average molecular weight is 269 g/mol. The van der Waals surface area contributed by atoms with Gasteiger partial charge in [-0.1, -0.05) is 25.3 Å². The first-order valence-corrected chi connectivity index (χ1v) is 7.24. The smallest absolute Gasteiger partial charge is 0.251 e. The summed E-state index contributed by atoms with van der Waals surface area (Å²) in [5, 5.41) is 7.33. The van der Waals surface area contributed by atoms with Crippen molar-refractivity contribution in [3.63, 3.8) is 0 Å². The largest absolute Gasteiger partial charge is 0.349 e. The molecule has 0 unspecified atom stereocenters. The molecule has 0 saturated heterocycles. The summed E-state index contributed by atoms with van der Waals surface area (Å²) < 4.78 is 1.76. The normalized spacial score (nSPS) is 16.0. The minimum atomic E-state index is 0.0194. The fourth-order valence-electron chi connectivity index (χ4n) is 2.73. The van der Waals surface area contributed by atoms with Crippen LogP contribution in [0.3, 0.4) is 0 Å². The van der Waals surface area contributed by atoms with Gasteiger partial charge in [0.05, 0.1) is 5.69 Å². The topological polar surface area (TPSA) is 46.9 Å². The van der Waals surface area contributed by atoms with Gasteiger partial charge in [-0.3, -0.25) is 4.79 Å². The van der Waals surface area contributed by atoms with Crippen LogP contribution in [0.25, 0.3) is 5.69 Å². The van der Waals surface area contributed by atoms with E-state index >= 15 is 0 Å². The Labute approximate surface area is 118 Å². The molecule has 0 bridgehead atoms. The molecule has 3 rings (SSSR count). The van der Waals surface area contributed by atoms with E-state index in [1.165, 1.54) is 19.3 Å². The van der Waals surface area contributed by atoms with Crippen molar-refractivity contribution in [1.82, 2.24) is 15.1 Å². The van der Waals surface area contributed by atoms with Crippen LogP contribution in [0.15, 0.2) is 42.7 Å². The lowest BCUT2D eigenvalue weighted by atomic mass is 9.95. The maximum absolute atomic E-state index is 12.3. The standard InChI is InChI=1S/C16H19N3O/c20-16(18-14-7-2-1-3-8-14)13-6-4-9-15(12-13)19-11-5-10-17-19/h4-6,9-12,14H,1-3,7-8H2,(H,18,20). The predicted molar refractivity (Wildman–Crippen MR) is 77.9 cm³/mol. The molecule has 0 spiro atoms. The van der Waals surface area contributed by atoms with Crippen molar-refractivity contribution in [3.8, 4) is 5.69 Å². The molecular formula is C16H19N3O. The molecule has 1 aromatic heterocycles. The van der Waals surface area contributed by atoms with E-state index in [4.69, 9.17) is 0 Å². The molecule has 0 radical (unpaired) electrons. The Morgan fingerprint density at radius 2 is 2.05 bits per heavy atom. The first-order valence-electron chi connectivity index (χ1n) is 7.24. The number of aromatic nitrogens is 2. The van der Waals surface area contributed by atoms with Crippen LogP contribution in [-0.4, -0.2) is 21.7 Å². The Bertz CT molecular complexity index is 571. The van der Waals surface area contributed by atoms with Crippen LogP contribution >= 0.6 is 0 Å². The Kier molecular flexibility index (Phi) is 3.81. The molecule has 1 aliphatic carbocycles. The van der Waals surface area contributed by atoms with E-state index in [9.17, 15) is 4.79 Å². The lowest BCUT2D eigenvalue weighted by Gasteiger charge is -2.22. The SMILES string of the molecule is O=C(NC1CCCCC1)c1cccc(-n2cccn2)c1. The van der Waals surface area contributed by atoms with Gasteiger partial charge in [0.2, 0.25) is 0 Å². The third kappa shape index (κ3) is 2.90. The number of hydrogen-bond acceptors (Lipinski definition) is 2. The van der Waals surface area contributed by atoms with E-state index in [1.807, 2.05) is 36.5 Å². The van der Waals surface area contributed by atoms with Gasteiger partial charge in [0, 0.05) is 24.0 Å². The number of nitrogens with one attached hydrogen (secondary N) is 1. The van der Waals surface area contributed by atoms with Crippen LogP contribution in [0.1, 0.15) is 42.5 Å². The molecule has 20 heavy (non-hydrogen) atoms. The number of carbonyl (C=O) groups is 1. The summed E-state index contributed by atoms with van der Waals surface area (Å²) in [6.07, 6.45) is 9.54. The molecule has 1 heterocycles. The highest BCUT2D eigenvalue weighted by Crippen LogP contribution is 2.18. The van der Waals surface area contributed by atoms with Gasteiger partial charge < -0.3 is 5.32 Å². The van der Waals surface area contributed by atoms with Crippen LogP contribution in [0.4, 0.5) is 0 Å². The van der Waals surface area contributed by atoms with Crippen LogP contribution in [0.5, 0.6) is 0 Å². The second kappa shape index (κ2) is 5.90. The second-order valence-corrected chi connectivity index (χ2v) is 5.31. The van der Waals surface area contributed by atoms with Crippen LogP contribution in [0.2, 0.25) is 0 Å². The van der Waals surface area contributed by atoms with Gasteiger partial charge in [0.15, 0.2) is 0 Å². The molecule has 1 aliphatic rings. The average Bonchev–Trinajstić information content (AvgIpc) is 3.03. The van der Waals surface area contributed by atoms with Gasteiger partial charge in [-0.05, 0) is 37.1 Å². The van der Waals surface area contributed by atoms with Crippen LogP contribution in [-0.2, 0) is 0 Å². The first-order chi connectivity index (χ1) is 9.83. The van der Waals surface area contributed by atoms with Gasteiger partial charge in [-0.2, -0.15) is 5.10 Å². The highest BCUT2D eigenvalue weighted by molar-refractivity contribution is 5.94. The number of nitrogens with zero attached hydrogens (tertiary/aromatic N) is 2. The molecule has 1 amide bonds. The highest BCUT2D eigenvalue weighted by Gasteiger charge is 2.16. The monoisotopic (exact) mass is 269 g/mol. The molecule has 104 valence electrons. The summed E-state index contributed by atoms with van der Waals surface area (Å²) in [5.41, 5.74) is 1.61. The van der Waals surface area contributed by atoms with Crippen molar-refractivity contribution in [3.05, 3.63) is 48.3 Å².